The van der Waals surface area contributed by atoms with Crippen molar-refractivity contribution in [2.75, 3.05) is 26.1 Å². The maximum absolute atomic E-state index is 5.89. The Morgan fingerprint density at radius 1 is 0.958 bits per heavy atom. The van der Waals surface area contributed by atoms with Crippen LogP contribution in [-0.4, -0.2) is 32.8 Å². The van der Waals surface area contributed by atoms with Crippen molar-refractivity contribution in [1.82, 2.24) is 0 Å². The number of nitrogens with one attached hydrogen (secondary N) is 1. The Morgan fingerprint density at radius 2 is 1.46 bits per heavy atom. The zero-order valence-corrected chi connectivity index (χ0v) is 14.2. The Morgan fingerprint density at radius 3 is 2.00 bits per heavy atom. The Labute approximate surface area is 142 Å². The summed E-state index contributed by atoms with van der Waals surface area (Å²) in [6, 6.07) is 14.9. The fraction of sp³-hybridized carbons (Fsp3) is 0.278. The second kappa shape index (κ2) is 8.67. The topological polar surface area (TPSA) is 78.1 Å². The van der Waals surface area contributed by atoms with Crippen LogP contribution in [0.3, 0.4) is 0 Å². The standard InChI is InChI=1S/C18H23N3O3/c1-13(24-17-10-8-16(23-3)9-11-17)12-20-18(19)21-14-4-6-15(22-2)7-5-14/h4-11,13H,12H2,1-3H3,(H3,19,20,21). The molecule has 2 rings (SSSR count). The molecule has 0 heterocycles. The Hall–Kier alpha value is -2.89. The molecule has 0 amide bonds. The van der Waals surface area contributed by atoms with Gasteiger partial charge in [0, 0.05) is 5.69 Å². The number of nitrogens with two attached hydrogens (primary N) is 1. The van der Waals surface area contributed by atoms with Gasteiger partial charge >= 0.3 is 0 Å². The molecule has 6 heteroatoms. The van der Waals surface area contributed by atoms with E-state index in [2.05, 4.69) is 10.3 Å². The highest BCUT2D eigenvalue weighted by molar-refractivity contribution is 5.92. The quantitative estimate of drug-likeness (QED) is 0.603. The van der Waals surface area contributed by atoms with Gasteiger partial charge in [-0.2, -0.15) is 0 Å². The average molecular weight is 329 g/mol. The summed E-state index contributed by atoms with van der Waals surface area (Å²) < 4.78 is 16.0. The number of hydrogen-bond acceptors (Lipinski definition) is 4. The SMILES string of the molecule is COc1ccc(NC(N)=NCC(C)Oc2ccc(OC)cc2)cc1. The van der Waals surface area contributed by atoms with Crippen LogP contribution in [-0.2, 0) is 0 Å². The normalized spacial score (nSPS) is 12.4. The molecule has 24 heavy (non-hydrogen) atoms. The Balaban J connectivity index is 1.83. The lowest BCUT2D eigenvalue weighted by atomic mass is 10.3. The number of anilines is 1. The second-order valence-corrected chi connectivity index (χ2v) is 5.18. The number of benzene rings is 2. The van der Waals surface area contributed by atoms with E-state index in [0.29, 0.717) is 12.5 Å². The fourth-order valence-corrected chi connectivity index (χ4v) is 2.01. The first-order valence-electron chi connectivity index (χ1n) is 7.62. The molecule has 6 nitrogen and oxygen atoms in total. The summed E-state index contributed by atoms with van der Waals surface area (Å²) in [5, 5.41) is 3.03. The third-order valence-corrected chi connectivity index (χ3v) is 3.28. The van der Waals surface area contributed by atoms with Crippen molar-refractivity contribution in [3.8, 4) is 17.2 Å². The van der Waals surface area contributed by atoms with Crippen LogP contribution >= 0.6 is 0 Å². The fourth-order valence-electron chi connectivity index (χ4n) is 2.01. The van der Waals surface area contributed by atoms with Gasteiger partial charge in [-0.15, -0.1) is 0 Å². The smallest absolute Gasteiger partial charge is 0.193 e. The monoisotopic (exact) mass is 329 g/mol. The van der Waals surface area contributed by atoms with Crippen molar-refractivity contribution >= 4 is 11.6 Å². The van der Waals surface area contributed by atoms with E-state index in [1.54, 1.807) is 14.2 Å². The molecule has 1 atom stereocenters. The van der Waals surface area contributed by atoms with Crippen molar-refractivity contribution in [2.45, 2.75) is 13.0 Å². The zero-order chi connectivity index (χ0) is 17.4. The van der Waals surface area contributed by atoms with Gasteiger partial charge in [-0.05, 0) is 55.5 Å². The van der Waals surface area contributed by atoms with Gasteiger partial charge in [-0.25, -0.2) is 4.99 Å². The molecule has 0 aliphatic carbocycles. The van der Waals surface area contributed by atoms with Gasteiger partial charge in [0.1, 0.15) is 23.4 Å². The number of guanidine groups is 1. The van der Waals surface area contributed by atoms with Gasteiger partial charge in [-0.3, -0.25) is 0 Å². The van der Waals surface area contributed by atoms with Crippen molar-refractivity contribution in [2.24, 2.45) is 10.7 Å². The minimum atomic E-state index is -0.102. The zero-order valence-electron chi connectivity index (χ0n) is 14.2. The molecule has 1 unspecified atom stereocenters. The molecule has 2 aromatic carbocycles. The van der Waals surface area contributed by atoms with Crippen molar-refractivity contribution in [1.29, 1.82) is 0 Å². The first-order valence-corrected chi connectivity index (χ1v) is 7.62. The van der Waals surface area contributed by atoms with Gasteiger partial charge in [0.15, 0.2) is 5.96 Å². The third-order valence-electron chi connectivity index (χ3n) is 3.28. The van der Waals surface area contributed by atoms with Crippen LogP contribution in [0.2, 0.25) is 0 Å². The molecule has 0 saturated heterocycles. The summed E-state index contributed by atoms with van der Waals surface area (Å²) in [4.78, 5) is 4.29. The number of nitrogens with zero attached hydrogens (tertiary/aromatic N) is 1. The minimum Gasteiger partial charge on any atom is -0.497 e. The highest BCUT2D eigenvalue weighted by Crippen LogP contribution is 2.18. The van der Waals surface area contributed by atoms with E-state index < -0.39 is 0 Å². The molecule has 0 fully saturated rings. The molecule has 0 saturated carbocycles. The van der Waals surface area contributed by atoms with E-state index in [4.69, 9.17) is 19.9 Å². The molecule has 0 aliphatic rings. The molecule has 0 aliphatic heterocycles. The summed E-state index contributed by atoms with van der Waals surface area (Å²) in [5.74, 6) is 2.68. The van der Waals surface area contributed by atoms with Crippen LogP contribution in [0, 0.1) is 0 Å². The van der Waals surface area contributed by atoms with Gasteiger partial charge in [-0.1, -0.05) is 0 Å². The summed E-state index contributed by atoms with van der Waals surface area (Å²) >= 11 is 0. The highest BCUT2D eigenvalue weighted by Gasteiger charge is 2.04. The van der Waals surface area contributed by atoms with E-state index in [-0.39, 0.29) is 6.10 Å². The van der Waals surface area contributed by atoms with E-state index in [1.807, 2.05) is 55.5 Å². The van der Waals surface area contributed by atoms with Gasteiger partial charge in [0.25, 0.3) is 0 Å². The van der Waals surface area contributed by atoms with Crippen molar-refractivity contribution in [3.05, 3.63) is 48.5 Å². The van der Waals surface area contributed by atoms with Crippen LogP contribution < -0.4 is 25.3 Å². The predicted molar refractivity (Wildman–Crippen MR) is 96.2 cm³/mol. The largest absolute Gasteiger partial charge is 0.497 e. The third kappa shape index (κ3) is 5.39. The van der Waals surface area contributed by atoms with Crippen LogP contribution in [0.15, 0.2) is 53.5 Å². The Kier molecular flexibility index (Phi) is 6.31. The summed E-state index contributed by atoms with van der Waals surface area (Å²) in [7, 11) is 3.26. The second-order valence-electron chi connectivity index (χ2n) is 5.18. The van der Waals surface area contributed by atoms with E-state index in [0.717, 1.165) is 22.9 Å². The summed E-state index contributed by atoms with van der Waals surface area (Å²) in [6.07, 6.45) is -0.102. The van der Waals surface area contributed by atoms with Crippen molar-refractivity contribution < 1.29 is 14.2 Å². The summed E-state index contributed by atoms with van der Waals surface area (Å²) in [5.41, 5.74) is 6.74. The number of hydrogen-bond donors (Lipinski definition) is 2. The molecule has 0 bridgehead atoms. The summed E-state index contributed by atoms with van der Waals surface area (Å²) in [6.45, 7) is 2.38. The predicted octanol–water partition coefficient (Wildman–Crippen LogP) is 2.90. The minimum absolute atomic E-state index is 0.102. The molecule has 3 N–H and O–H groups in total. The van der Waals surface area contributed by atoms with Crippen LogP contribution in [0.5, 0.6) is 17.2 Å². The first-order chi connectivity index (χ1) is 11.6. The lowest BCUT2D eigenvalue weighted by Gasteiger charge is -2.13. The van der Waals surface area contributed by atoms with E-state index in [1.165, 1.54) is 0 Å². The van der Waals surface area contributed by atoms with Gasteiger partial charge < -0.3 is 25.3 Å². The van der Waals surface area contributed by atoms with Crippen LogP contribution in [0.1, 0.15) is 6.92 Å². The molecule has 2 aromatic rings. The number of aliphatic imine (C=N–C) groups is 1. The van der Waals surface area contributed by atoms with Gasteiger partial charge in [0.2, 0.25) is 0 Å². The van der Waals surface area contributed by atoms with E-state index in [9.17, 15) is 0 Å². The molecule has 128 valence electrons. The maximum Gasteiger partial charge on any atom is 0.193 e. The number of rotatable bonds is 7. The van der Waals surface area contributed by atoms with E-state index >= 15 is 0 Å². The lowest BCUT2D eigenvalue weighted by Crippen LogP contribution is -2.25. The molecular weight excluding hydrogens is 306 g/mol. The lowest BCUT2D eigenvalue weighted by molar-refractivity contribution is 0.230. The molecule has 0 spiro atoms. The van der Waals surface area contributed by atoms with Crippen molar-refractivity contribution in [3.63, 3.8) is 0 Å². The maximum atomic E-state index is 5.89. The molecule has 0 aromatic heterocycles. The van der Waals surface area contributed by atoms with Crippen LogP contribution in [0.4, 0.5) is 5.69 Å². The first kappa shape index (κ1) is 17.5. The number of ether oxygens (including phenoxy) is 3. The highest BCUT2D eigenvalue weighted by atomic mass is 16.5. The average Bonchev–Trinajstić information content (AvgIpc) is 2.61. The molecule has 0 radical (unpaired) electrons. The van der Waals surface area contributed by atoms with Gasteiger partial charge in [0.05, 0.1) is 20.8 Å². The molecular formula is C18H23N3O3. The number of methoxy groups -OCH3 is 2. The van der Waals surface area contributed by atoms with Crippen LogP contribution in [0.25, 0.3) is 0 Å². The Bertz CT molecular complexity index is 654.